The van der Waals surface area contributed by atoms with Crippen molar-refractivity contribution in [1.29, 1.82) is 0 Å². The van der Waals surface area contributed by atoms with E-state index in [1.165, 1.54) is 4.52 Å². The number of imidazole rings is 1. The lowest BCUT2D eigenvalue weighted by Crippen LogP contribution is -2.47. The number of anilines is 1. The molecule has 6 heterocycles. The molecule has 192 valence electrons. The fourth-order valence-corrected chi connectivity index (χ4v) is 6.92. The first-order valence-corrected chi connectivity index (χ1v) is 13.9. The predicted molar refractivity (Wildman–Crippen MR) is 134 cm³/mol. The predicted octanol–water partition coefficient (Wildman–Crippen LogP) is 1.40. The number of aliphatic hydroxyl groups is 1. The molecule has 3 atom stereocenters. The number of pyridine rings is 1. The molecular weight excluding hydrogens is 496 g/mol. The van der Waals surface area contributed by atoms with Gasteiger partial charge in [0.2, 0.25) is 5.91 Å². The summed E-state index contributed by atoms with van der Waals surface area (Å²) >= 11 is 0. The summed E-state index contributed by atoms with van der Waals surface area (Å²) in [5, 5.41) is 13.8. The van der Waals surface area contributed by atoms with Gasteiger partial charge >= 0.3 is 0 Å². The Morgan fingerprint density at radius 2 is 1.95 bits per heavy atom. The average Bonchev–Trinajstić information content (AvgIpc) is 3.61. The van der Waals surface area contributed by atoms with Crippen LogP contribution in [0, 0.1) is 0 Å². The summed E-state index contributed by atoms with van der Waals surface area (Å²) in [5.41, 5.74) is 9.37. The van der Waals surface area contributed by atoms with Crippen LogP contribution in [0.1, 0.15) is 37.3 Å². The van der Waals surface area contributed by atoms with Crippen molar-refractivity contribution in [3.63, 3.8) is 0 Å². The van der Waals surface area contributed by atoms with E-state index in [1.807, 2.05) is 12.1 Å². The minimum absolute atomic E-state index is 0.00938. The molecule has 2 fully saturated rings. The van der Waals surface area contributed by atoms with Gasteiger partial charge in [-0.2, -0.15) is 9.61 Å². The molecule has 1 amide bonds. The molecular formula is C24H26N8O4S. The summed E-state index contributed by atoms with van der Waals surface area (Å²) in [5.74, 6) is 0.157. The number of hydrogen-bond acceptors (Lipinski definition) is 9. The highest BCUT2D eigenvalue weighted by molar-refractivity contribution is 7.91. The Balaban J connectivity index is 1.45. The number of fused-ring (bicyclic) bond motifs is 3. The fraction of sp³-hybridized carbons (Fsp3) is 0.375. The number of rotatable bonds is 5. The maximum atomic E-state index is 12.9. The highest BCUT2D eigenvalue weighted by atomic mass is 32.2. The van der Waals surface area contributed by atoms with Gasteiger partial charge in [0.25, 0.3) is 0 Å². The van der Waals surface area contributed by atoms with Crippen LogP contribution in [0.4, 0.5) is 5.82 Å². The number of hydrogen-bond donors (Lipinski definition) is 3. The summed E-state index contributed by atoms with van der Waals surface area (Å²) in [6.07, 6.45) is 10.5. The number of H-pyrrole nitrogens is 1. The van der Waals surface area contributed by atoms with Crippen molar-refractivity contribution < 1.29 is 18.3 Å². The number of aromatic amines is 1. The van der Waals surface area contributed by atoms with E-state index in [4.69, 9.17) is 10.7 Å². The number of aliphatic hydroxyl groups excluding tert-OH is 1. The first-order chi connectivity index (χ1) is 17.8. The van der Waals surface area contributed by atoms with Gasteiger partial charge in [-0.1, -0.05) is 6.07 Å². The number of sulfone groups is 1. The van der Waals surface area contributed by atoms with Gasteiger partial charge in [-0.3, -0.25) is 9.78 Å². The van der Waals surface area contributed by atoms with Crippen molar-refractivity contribution in [2.75, 3.05) is 18.6 Å². The molecule has 4 aromatic heterocycles. The van der Waals surface area contributed by atoms with Crippen LogP contribution in [0.3, 0.4) is 0 Å². The second-order valence-corrected chi connectivity index (χ2v) is 11.6. The van der Waals surface area contributed by atoms with Gasteiger partial charge in [0.1, 0.15) is 23.0 Å². The second-order valence-electron chi connectivity index (χ2n) is 9.66. The van der Waals surface area contributed by atoms with E-state index in [2.05, 4.69) is 20.1 Å². The summed E-state index contributed by atoms with van der Waals surface area (Å²) < 4.78 is 27.2. The van der Waals surface area contributed by atoms with Crippen molar-refractivity contribution in [1.82, 2.24) is 34.4 Å². The third-order valence-electron chi connectivity index (χ3n) is 7.39. The van der Waals surface area contributed by atoms with Gasteiger partial charge < -0.3 is 20.7 Å². The van der Waals surface area contributed by atoms with Crippen LogP contribution in [-0.4, -0.2) is 78.8 Å². The van der Waals surface area contributed by atoms with Crippen LogP contribution in [0.25, 0.3) is 28.3 Å². The zero-order valence-corrected chi connectivity index (χ0v) is 20.9. The van der Waals surface area contributed by atoms with E-state index < -0.39 is 16.4 Å². The molecule has 0 aliphatic carbocycles. The molecule has 0 radical (unpaired) electrons. The van der Waals surface area contributed by atoms with Crippen molar-refractivity contribution >= 4 is 27.2 Å². The highest BCUT2D eigenvalue weighted by Gasteiger charge is 2.45. The van der Waals surface area contributed by atoms with Gasteiger partial charge in [0.05, 0.1) is 11.9 Å². The fourth-order valence-electron chi connectivity index (χ4n) is 5.87. The van der Waals surface area contributed by atoms with E-state index in [1.54, 1.807) is 29.7 Å². The second kappa shape index (κ2) is 8.63. The number of aromatic nitrogens is 6. The van der Waals surface area contributed by atoms with Crippen LogP contribution >= 0.6 is 0 Å². The minimum atomic E-state index is -3.73. The van der Waals surface area contributed by atoms with Crippen LogP contribution < -0.4 is 5.73 Å². The first kappa shape index (κ1) is 23.6. The van der Waals surface area contributed by atoms with E-state index >= 15 is 0 Å². The number of nitrogens with zero attached hydrogens (tertiary/aromatic N) is 6. The maximum absolute atomic E-state index is 12.9. The molecule has 2 saturated heterocycles. The third-order valence-corrected chi connectivity index (χ3v) is 8.55. The van der Waals surface area contributed by atoms with E-state index in [9.17, 15) is 18.3 Å². The van der Waals surface area contributed by atoms with Gasteiger partial charge in [-0.05, 0) is 31.7 Å². The Kier molecular flexibility index (Phi) is 5.49. The Morgan fingerprint density at radius 3 is 2.54 bits per heavy atom. The molecule has 13 heteroatoms. The molecule has 0 unspecified atom stereocenters. The lowest BCUT2D eigenvalue weighted by molar-refractivity contribution is -0.138. The van der Waals surface area contributed by atoms with Crippen LogP contribution in [0.5, 0.6) is 0 Å². The third kappa shape index (κ3) is 3.85. The zero-order chi connectivity index (χ0) is 25.9. The van der Waals surface area contributed by atoms with Crippen LogP contribution in [0.15, 0.2) is 41.8 Å². The summed E-state index contributed by atoms with van der Waals surface area (Å²) in [7, 11) is -3.73. The minimum Gasteiger partial charge on any atom is -0.387 e. The number of carbonyl (C=O) groups excluding carboxylic acids is 1. The number of carbonyl (C=O) groups is 1. The SMILES string of the molecule is CS(=O)(=O)c1c([C@H]2C[C@H]3CC[C@@H](C2)N3C(=O)CO)nc2c(-c3ccc(-c4ncc[nH]4)nc3)cnn2c1N. The molecule has 0 saturated carbocycles. The standard InChI is InChI=1S/C24H26N8O4S/c1-37(35,36)21-20(14-8-15-3-4-16(9-14)31(15)19(34)12-33)30-24-17(11-29-32(24)22(21)25)13-2-5-18(28-10-13)23-26-6-7-27-23/h2,5-7,10-11,14-16,33H,3-4,8-9,12,25H2,1H3,(H,26,27)/t14-,15+,16-. The Morgan fingerprint density at radius 1 is 1.19 bits per heavy atom. The monoisotopic (exact) mass is 522 g/mol. The van der Waals surface area contributed by atoms with E-state index in [-0.39, 0.29) is 34.6 Å². The summed E-state index contributed by atoms with van der Waals surface area (Å²) in [6, 6.07) is 3.57. The van der Waals surface area contributed by atoms with Crippen molar-refractivity contribution in [2.45, 2.75) is 48.6 Å². The molecule has 0 spiro atoms. The quantitative estimate of drug-likeness (QED) is 0.350. The van der Waals surface area contributed by atoms with Crippen molar-refractivity contribution in [3.8, 4) is 22.6 Å². The zero-order valence-electron chi connectivity index (χ0n) is 20.1. The first-order valence-electron chi connectivity index (χ1n) is 12.0. The number of nitrogens with two attached hydrogens (primary N) is 1. The largest absolute Gasteiger partial charge is 0.387 e. The highest BCUT2D eigenvalue weighted by Crippen LogP contribution is 2.45. The topological polar surface area (TPSA) is 172 Å². The Labute approximate surface area is 212 Å². The molecule has 6 rings (SSSR count). The average molecular weight is 523 g/mol. The molecule has 37 heavy (non-hydrogen) atoms. The number of amides is 1. The van der Waals surface area contributed by atoms with Crippen molar-refractivity contribution in [2.24, 2.45) is 0 Å². The molecule has 2 aliphatic heterocycles. The Hall–Kier alpha value is -3.84. The lowest BCUT2D eigenvalue weighted by atomic mass is 9.87. The molecule has 2 aliphatic rings. The lowest BCUT2D eigenvalue weighted by Gasteiger charge is -2.39. The van der Waals surface area contributed by atoms with E-state index in [0.717, 1.165) is 24.7 Å². The van der Waals surface area contributed by atoms with Gasteiger partial charge in [0, 0.05) is 54.0 Å². The summed E-state index contributed by atoms with van der Waals surface area (Å²) in [6.45, 7) is -0.532. The Bertz CT molecular complexity index is 1580. The van der Waals surface area contributed by atoms with Crippen LogP contribution in [-0.2, 0) is 14.6 Å². The normalized spacial score (nSPS) is 21.6. The molecule has 0 aromatic carbocycles. The van der Waals surface area contributed by atoms with Gasteiger partial charge in [-0.25, -0.2) is 18.4 Å². The van der Waals surface area contributed by atoms with E-state index in [0.29, 0.717) is 41.3 Å². The van der Waals surface area contributed by atoms with Gasteiger partial charge in [-0.15, -0.1) is 0 Å². The number of nitrogens with one attached hydrogen (secondary N) is 1. The molecule has 4 N–H and O–H groups in total. The van der Waals surface area contributed by atoms with Crippen LogP contribution in [0.2, 0.25) is 0 Å². The smallest absolute Gasteiger partial charge is 0.248 e. The number of piperidine rings is 1. The maximum Gasteiger partial charge on any atom is 0.248 e. The van der Waals surface area contributed by atoms with Gasteiger partial charge in [0.15, 0.2) is 21.3 Å². The summed E-state index contributed by atoms with van der Waals surface area (Å²) in [4.78, 5) is 30.6. The molecule has 4 aromatic rings. The van der Waals surface area contributed by atoms with Crippen molar-refractivity contribution in [3.05, 3.63) is 42.6 Å². The molecule has 12 nitrogen and oxygen atoms in total. The molecule has 2 bridgehead atoms. The number of nitrogen functional groups attached to an aromatic ring is 1.